The van der Waals surface area contributed by atoms with Crippen molar-refractivity contribution in [1.82, 2.24) is 4.98 Å². The van der Waals surface area contributed by atoms with E-state index in [1.807, 2.05) is 30.3 Å². The number of nitro benzene ring substituents is 1. The molecule has 4 rings (SSSR count). The fourth-order valence-electron chi connectivity index (χ4n) is 3.20. The Kier molecular flexibility index (Phi) is 4.01. The van der Waals surface area contributed by atoms with Crippen molar-refractivity contribution < 1.29 is 4.92 Å². The van der Waals surface area contributed by atoms with Gasteiger partial charge in [0, 0.05) is 34.6 Å². The summed E-state index contributed by atoms with van der Waals surface area (Å²) >= 11 is 6.01. The summed E-state index contributed by atoms with van der Waals surface area (Å²) in [5.74, 6) is 0.563. The average molecular weight is 354 g/mol. The van der Waals surface area contributed by atoms with Crippen LogP contribution in [0.1, 0.15) is 24.4 Å². The Balaban J connectivity index is 1.75. The van der Waals surface area contributed by atoms with Gasteiger partial charge in [0.15, 0.2) is 0 Å². The minimum absolute atomic E-state index is 0.0723. The first-order valence-corrected chi connectivity index (χ1v) is 8.54. The Hall–Kier alpha value is -2.66. The van der Waals surface area contributed by atoms with Gasteiger partial charge in [0.05, 0.1) is 16.4 Å². The highest BCUT2D eigenvalue weighted by atomic mass is 35.5. The van der Waals surface area contributed by atoms with Crippen LogP contribution in [0.2, 0.25) is 5.02 Å². The molecule has 126 valence electrons. The van der Waals surface area contributed by atoms with Crippen LogP contribution in [-0.2, 0) is 0 Å². The summed E-state index contributed by atoms with van der Waals surface area (Å²) in [7, 11) is 0. The monoisotopic (exact) mass is 353 g/mol. The molecule has 0 spiro atoms. The molecule has 1 atom stereocenters. The largest absolute Gasteiger partial charge is 0.377 e. The molecule has 1 fully saturated rings. The summed E-state index contributed by atoms with van der Waals surface area (Å²) in [4.78, 5) is 14.9. The highest BCUT2D eigenvalue weighted by molar-refractivity contribution is 6.30. The number of nitrogens with one attached hydrogen (secondary N) is 1. The lowest BCUT2D eigenvalue weighted by Gasteiger charge is -2.21. The third-order valence-electron chi connectivity index (χ3n) is 4.63. The maximum Gasteiger partial charge on any atom is 0.278 e. The standard InChI is InChI=1S/C19H16ClN3O2/c20-14-5-3-13(4-6-14)19(12-1-2-12)22-17-7-8-18(23(24)25)16-11-21-10-9-15(16)17/h3-12,19,22H,1-2H2/t19-/m1/s1. The number of benzene rings is 2. The number of nitro groups is 1. The first kappa shape index (κ1) is 15.8. The number of pyridine rings is 1. The second kappa shape index (κ2) is 6.33. The van der Waals surface area contributed by atoms with E-state index in [0.29, 0.717) is 16.3 Å². The average Bonchev–Trinajstić information content (AvgIpc) is 3.45. The topological polar surface area (TPSA) is 68.1 Å². The van der Waals surface area contributed by atoms with Crippen LogP contribution in [0.5, 0.6) is 0 Å². The molecule has 1 aliphatic carbocycles. The molecule has 0 amide bonds. The zero-order chi connectivity index (χ0) is 17.4. The van der Waals surface area contributed by atoms with E-state index in [0.717, 1.165) is 11.1 Å². The quantitative estimate of drug-likeness (QED) is 0.495. The normalized spacial score (nSPS) is 15.1. The lowest BCUT2D eigenvalue weighted by molar-refractivity contribution is -0.383. The van der Waals surface area contributed by atoms with Crippen molar-refractivity contribution in [2.45, 2.75) is 18.9 Å². The molecular weight excluding hydrogens is 338 g/mol. The van der Waals surface area contributed by atoms with Gasteiger partial charge in [0.25, 0.3) is 5.69 Å². The van der Waals surface area contributed by atoms with Gasteiger partial charge in [0.1, 0.15) is 0 Å². The van der Waals surface area contributed by atoms with E-state index in [-0.39, 0.29) is 16.7 Å². The zero-order valence-corrected chi connectivity index (χ0v) is 14.1. The summed E-state index contributed by atoms with van der Waals surface area (Å²) < 4.78 is 0. The van der Waals surface area contributed by atoms with Crippen LogP contribution in [0.4, 0.5) is 11.4 Å². The van der Waals surface area contributed by atoms with Gasteiger partial charge < -0.3 is 5.32 Å². The van der Waals surface area contributed by atoms with E-state index in [9.17, 15) is 10.1 Å². The number of hydrogen-bond donors (Lipinski definition) is 1. The first-order valence-electron chi connectivity index (χ1n) is 8.16. The van der Waals surface area contributed by atoms with Crippen LogP contribution in [0.25, 0.3) is 10.8 Å². The van der Waals surface area contributed by atoms with E-state index < -0.39 is 0 Å². The fourth-order valence-corrected chi connectivity index (χ4v) is 3.33. The Morgan fingerprint density at radius 3 is 2.56 bits per heavy atom. The molecule has 0 bridgehead atoms. The Labute approximate surface area is 149 Å². The molecule has 1 heterocycles. The number of halogens is 1. The highest BCUT2D eigenvalue weighted by Gasteiger charge is 2.32. The van der Waals surface area contributed by atoms with Crippen molar-refractivity contribution in [3.63, 3.8) is 0 Å². The third-order valence-corrected chi connectivity index (χ3v) is 4.88. The van der Waals surface area contributed by atoms with Gasteiger partial charge in [-0.2, -0.15) is 0 Å². The molecule has 0 unspecified atom stereocenters. The molecule has 1 saturated carbocycles. The van der Waals surface area contributed by atoms with Crippen molar-refractivity contribution in [2.24, 2.45) is 5.92 Å². The van der Waals surface area contributed by atoms with Gasteiger partial charge in [-0.3, -0.25) is 15.1 Å². The van der Waals surface area contributed by atoms with E-state index in [2.05, 4.69) is 10.3 Å². The maximum atomic E-state index is 11.3. The van der Waals surface area contributed by atoms with E-state index in [1.54, 1.807) is 18.5 Å². The summed E-state index contributed by atoms with van der Waals surface area (Å²) in [6, 6.07) is 13.2. The van der Waals surface area contributed by atoms with Crippen molar-refractivity contribution in [2.75, 3.05) is 5.32 Å². The second-order valence-corrected chi connectivity index (χ2v) is 6.76. The molecule has 25 heavy (non-hydrogen) atoms. The van der Waals surface area contributed by atoms with Gasteiger partial charge in [-0.1, -0.05) is 23.7 Å². The molecule has 6 heteroatoms. The minimum Gasteiger partial charge on any atom is -0.377 e. The Morgan fingerprint density at radius 1 is 1.12 bits per heavy atom. The number of rotatable bonds is 5. The summed E-state index contributed by atoms with van der Waals surface area (Å²) in [5, 5.41) is 16.9. The van der Waals surface area contributed by atoms with Gasteiger partial charge in [-0.15, -0.1) is 0 Å². The molecular formula is C19H16ClN3O2. The van der Waals surface area contributed by atoms with Crippen LogP contribution < -0.4 is 5.32 Å². The predicted octanol–water partition coefficient (Wildman–Crippen LogP) is 5.36. The number of non-ortho nitro benzene ring substituents is 1. The molecule has 1 aromatic heterocycles. The molecule has 2 aromatic carbocycles. The lowest BCUT2D eigenvalue weighted by atomic mass is 10.0. The van der Waals surface area contributed by atoms with Crippen LogP contribution in [0.15, 0.2) is 54.9 Å². The summed E-state index contributed by atoms with van der Waals surface area (Å²) in [5.41, 5.74) is 2.13. The lowest BCUT2D eigenvalue weighted by Crippen LogP contribution is -2.13. The van der Waals surface area contributed by atoms with Crippen molar-refractivity contribution in [3.8, 4) is 0 Å². The van der Waals surface area contributed by atoms with E-state index >= 15 is 0 Å². The van der Waals surface area contributed by atoms with E-state index in [4.69, 9.17) is 11.6 Å². The number of nitrogens with zero attached hydrogens (tertiary/aromatic N) is 2. The first-order chi connectivity index (χ1) is 12.1. The highest BCUT2D eigenvalue weighted by Crippen LogP contribution is 2.44. The zero-order valence-electron chi connectivity index (χ0n) is 13.4. The van der Waals surface area contributed by atoms with Gasteiger partial charge >= 0.3 is 0 Å². The minimum atomic E-state index is -0.370. The molecule has 5 nitrogen and oxygen atoms in total. The molecule has 0 saturated heterocycles. The predicted molar refractivity (Wildman–Crippen MR) is 98.9 cm³/mol. The Morgan fingerprint density at radius 2 is 1.88 bits per heavy atom. The maximum absolute atomic E-state index is 11.3. The fraction of sp³-hybridized carbons (Fsp3) is 0.211. The molecule has 3 aromatic rings. The van der Waals surface area contributed by atoms with Crippen molar-refractivity contribution >= 4 is 33.7 Å². The third kappa shape index (κ3) is 3.15. The van der Waals surface area contributed by atoms with E-state index in [1.165, 1.54) is 24.5 Å². The number of hydrogen-bond acceptors (Lipinski definition) is 4. The number of aromatic nitrogens is 1. The number of fused-ring (bicyclic) bond motifs is 1. The molecule has 1 N–H and O–H groups in total. The van der Waals surface area contributed by atoms with Crippen LogP contribution in [0.3, 0.4) is 0 Å². The Bertz CT molecular complexity index is 939. The molecule has 1 aliphatic rings. The van der Waals surface area contributed by atoms with Crippen molar-refractivity contribution in [1.29, 1.82) is 0 Å². The summed E-state index contributed by atoms with van der Waals surface area (Å²) in [6.07, 6.45) is 5.55. The van der Waals surface area contributed by atoms with Crippen LogP contribution >= 0.6 is 11.6 Å². The second-order valence-electron chi connectivity index (χ2n) is 6.32. The van der Waals surface area contributed by atoms with Crippen LogP contribution in [-0.4, -0.2) is 9.91 Å². The van der Waals surface area contributed by atoms with Gasteiger partial charge in [-0.05, 0) is 48.6 Å². The summed E-state index contributed by atoms with van der Waals surface area (Å²) in [6.45, 7) is 0. The van der Waals surface area contributed by atoms with Gasteiger partial charge in [-0.25, -0.2) is 0 Å². The van der Waals surface area contributed by atoms with Gasteiger partial charge in [0.2, 0.25) is 0 Å². The molecule has 0 radical (unpaired) electrons. The smallest absolute Gasteiger partial charge is 0.278 e. The van der Waals surface area contributed by atoms with Crippen LogP contribution in [0, 0.1) is 16.0 Å². The SMILES string of the molecule is O=[N+]([O-])c1ccc(N[C@@H](c2ccc(Cl)cc2)C2CC2)c2ccncc12. The molecule has 0 aliphatic heterocycles. The number of anilines is 1. The van der Waals surface area contributed by atoms with Crippen molar-refractivity contribution in [3.05, 3.63) is 75.6 Å².